The highest BCUT2D eigenvalue weighted by Crippen LogP contribution is 2.18. The first-order valence-electron chi connectivity index (χ1n) is 6.92. The summed E-state index contributed by atoms with van der Waals surface area (Å²) in [5.41, 5.74) is 2.03. The van der Waals surface area contributed by atoms with Gasteiger partial charge in [0, 0.05) is 31.7 Å². The van der Waals surface area contributed by atoms with E-state index in [4.69, 9.17) is 4.98 Å². The number of anilines is 1. The first-order chi connectivity index (χ1) is 8.84. The van der Waals surface area contributed by atoms with Crippen LogP contribution in [-0.2, 0) is 12.8 Å². The van der Waals surface area contributed by atoms with E-state index < -0.39 is 0 Å². The molecular weight excluding hydrogens is 299 g/mol. The number of nitrogens with one attached hydrogen (secondary N) is 2. The van der Waals surface area contributed by atoms with Gasteiger partial charge in [-0.3, -0.25) is 9.78 Å². The lowest BCUT2D eigenvalue weighted by Gasteiger charge is -2.28. The van der Waals surface area contributed by atoms with Crippen LogP contribution in [0.5, 0.6) is 0 Å². The molecule has 0 radical (unpaired) electrons. The van der Waals surface area contributed by atoms with Gasteiger partial charge in [0.05, 0.1) is 5.69 Å². The Balaban J connectivity index is 0.000001000. The number of halogens is 2. The van der Waals surface area contributed by atoms with Crippen molar-refractivity contribution in [3.8, 4) is 0 Å². The fraction of sp³-hybridized carbons (Fsp3) is 0.692. The van der Waals surface area contributed by atoms with Crippen molar-refractivity contribution >= 4 is 30.8 Å². The lowest BCUT2D eigenvalue weighted by atomic mass is 10.1. The van der Waals surface area contributed by atoms with Gasteiger partial charge in [-0.25, -0.2) is 4.98 Å². The van der Waals surface area contributed by atoms with Crippen LogP contribution in [0, 0.1) is 0 Å². The molecule has 0 unspecified atom stereocenters. The van der Waals surface area contributed by atoms with Gasteiger partial charge in [-0.05, 0) is 25.7 Å². The normalized spacial score (nSPS) is 18.3. The Kier molecular flexibility index (Phi) is 6.79. The zero-order valence-corrected chi connectivity index (χ0v) is 13.1. The van der Waals surface area contributed by atoms with Gasteiger partial charge in [0.1, 0.15) is 0 Å². The van der Waals surface area contributed by atoms with Gasteiger partial charge in [0.25, 0.3) is 5.56 Å². The number of aromatic nitrogens is 2. The highest BCUT2D eigenvalue weighted by molar-refractivity contribution is 5.85. The van der Waals surface area contributed by atoms with E-state index >= 15 is 0 Å². The topological polar surface area (TPSA) is 61.0 Å². The number of piperazine rings is 1. The van der Waals surface area contributed by atoms with Crippen molar-refractivity contribution in [2.75, 3.05) is 31.1 Å². The van der Waals surface area contributed by atoms with E-state index in [1.54, 1.807) is 0 Å². The highest BCUT2D eigenvalue weighted by atomic mass is 35.5. The van der Waals surface area contributed by atoms with Gasteiger partial charge in [-0.15, -0.1) is 24.8 Å². The summed E-state index contributed by atoms with van der Waals surface area (Å²) in [6.07, 6.45) is 5.33. The number of rotatable bonds is 1. The Bertz CT molecular complexity index is 486. The number of aryl methyl sites for hydroxylation is 1. The van der Waals surface area contributed by atoms with E-state index in [-0.39, 0.29) is 30.4 Å². The molecule has 0 atom stereocenters. The van der Waals surface area contributed by atoms with Crippen molar-refractivity contribution in [1.82, 2.24) is 15.3 Å². The Hall–Kier alpha value is -0.780. The third-order valence-corrected chi connectivity index (χ3v) is 3.85. The molecule has 1 aromatic heterocycles. The van der Waals surface area contributed by atoms with E-state index in [2.05, 4.69) is 15.2 Å². The molecule has 3 rings (SSSR count). The maximum absolute atomic E-state index is 12.1. The van der Waals surface area contributed by atoms with Crippen LogP contribution in [0.1, 0.15) is 30.5 Å². The van der Waals surface area contributed by atoms with Crippen molar-refractivity contribution in [1.29, 1.82) is 0 Å². The third kappa shape index (κ3) is 3.65. The summed E-state index contributed by atoms with van der Waals surface area (Å²) in [6, 6.07) is 0. The second kappa shape index (κ2) is 7.86. The monoisotopic (exact) mass is 320 g/mol. The average Bonchev–Trinajstić information content (AvgIpc) is 2.65. The minimum Gasteiger partial charge on any atom is -0.340 e. The van der Waals surface area contributed by atoms with E-state index in [0.29, 0.717) is 0 Å². The quantitative estimate of drug-likeness (QED) is 0.765. The summed E-state index contributed by atoms with van der Waals surface area (Å²) in [4.78, 5) is 22.0. The summed E-state index contributed by atoms with van der Waals surface area (Å²) in [5, 5.41) is 3.31. The molecule has 0 amide bonds. The van der Waals surface area contributed by atoms with Crippen LogP contribution in [0.15, 0.2) is 4.79 Å². The molecule has 114 valence electrons. The fourth-order valence-electron chi connectivity index (χ4n) is 2.79. The molecule has 0 spiro atoms. The second-order valence-corrected chi connectivity index (χ2v) is 5.11. The maximum atomic E-state index is 12.1. The highest BCUT2D eigenvalue weighted by Gasteiger charge is 2.18. The number of hydrogen-bond acceptors (Lipinski definition) is 4. The summed E-state index contributed by atoms with van der Waals surface area (Å²) < 4.78 is 0. The molecule has 7 heteroatoms. The molecule has 5 nitrogen and oxygen atoms in total. The van der Waals surface area contributed by atoms with Crippen LogP contribution in [-0.4, -0.2) is 36.1 Å². The molecule has 0 aromatic carbocycles. The van der Waals surface area contributed by atoms with Crippen LogP contribution in [0.2, 0.25) is 0 Å². The van der Waals surface area contributed by atoms with E-state index in [0.717, 1.165) is 69.1 Å². The molecule has 20 heavy (non-hydrogen) atoms. The molecule has 1 aliphatic heterocycles. The molecular formula is C13H22Cl2N4O. The molecule has 1 aliphatic carbocycles. The minimum atomic E-state index is 0. The van der Waals surface area contributed by atoms with Gasteiger partial charge in [-0.1, -0.05) is 6.42 Å². The van der Waals surface area contributed by atoms with Crippen LogP contribution in [0.25, 0.3) is 0 Å². The standard InChI is InChI=1S/C13H20N4O.2ClH/c18-12-10-4-2-1-3-5-11(10)15-13(16-12)17-8-6-14-7-9-17;;/h14H,1-9H2,(H,15,16,18);2*1H. The molecule has 2 aliphatic rings. The van der Waals surface area contributed by atoms with Gasteiger partial charge >= 0.3 is 0 Å². The number of hydrogen-bond donors (Lipinski definition) is 2. The zero-order chi connectivity index (χ0) is 12.4. The SMILES string of the molecule is Cl.Cl.O=c1[nH]c(N2CCNCC2)nc2c1CCCCC2. The molecule has 0 bridgehead atoms. The second-order valence-electron chi connectivity index (χ2n) is 5.11. The Morgan fingerprint density at radius 2 is 1.70 bits per heavy atom. The lowest BCUT2D eigenvalue weighted by molar-refractivity contribution is 0.577. The summed E-state index contributed by atoms with van der Waals surface area (Å²) >= 11 is 0. The van der Waals surface area contributed by atoms with Crippen LogP contribution in [0.4, 0.5) is 5.95 Å². The Labute approximate surface area is 131 Å². The minimum absolute atomic E-state index is 0. The maximum Gasteiger partial charge on any atom is 0.255 e. The van der Waals surface area contributed by atoms with Crippen molar-refractivity contribution in [2.45, 2.75) is 32.1 Å². The molecule has 2 heterocycles. The molecule has 1 aromatic rings. The number of nitrogens with zero attached hydrogens (tertiary/aromatic N) is 2. The Morgan fingerprint density at radius 1 is 1.00 bits per heavy atom. The van der Waals surface area contributed by atoms with Gasteiger partial charge < -0.3 is 10.2 Å². The molecule has 2 N–H and O–H groups in total. The molecule has 0 saturated carbocycles. The van der Waals surface area contributed by atoms with Gasteiger partial charge in [0.2, 0.25) is 5.95 Å². The number of aromatic amines is 1. The predicted molar refractivity (Wildman–Crippen MR) is 85.7 cm³/mol. The van der Waals surface area contributed by atoms with Crippen molar-refractivity contribution in [3.63, 3.8) is 0 Å². The first-order valence-corrected chi connectivity index (χ1v) is 6.92. The first kappa shape index (κ1) is 17.3. The fourth-order valence-corrected chi connectivity index (χ4v) is 2.79. The van der Waals surface area contributed by atoms with E-state index in [1.165, 1.54) is 6.42 Å². The zero-order valence-electron chi connectivity index (χ0n) is 11.5. The largest absolute Gasteiger partial charge is 0.340 e. The number of H-pyrrole nitrogens is 1. The lowest BCUT2D eigenvalue weighted by Crippen LogP contribution is -2.45. The van der Waals surface area contributed by atoms with Crippen LogP contribution >= 0.6 is 24.8 Å². The van der Waals surface area contributed by atoms with Gasteiger partial charge in [0.15, 0.2) is 0 Å². The summed E-state index contributed by atoms with van der Waals surface area (Å²) in [7, 11) is 0. The van der Waals surface area contributed by atoms with Gasteiger partial charge in [-0.2, -0.15) is 0 Å². The molecule has 1 fully saturated rings. The summed E-state index contributed by atoms with van der Waals surface area (Å²) in [5.74, 6) is 0.766. The van der Waals surface area contributed by atoms with E-state index in [9.17, 15) is 4.79 Å². The van der Waals surface area contributed by atoms with Crippen LogP contribution < -0.4 is 15.8 Å². The smallest absolute Gasteiger partial charge is 0.255 e. The third-order valence-electron chi connectivity index (χ3n) is 3.85. The van der Waals surface area contributed by atoms with E-state index in [1.807, 2.05) is 0 Å². The Morgan fingerprint density at radius 3 is 2.45 bits per heavy atom. The predicted octanol–water partition coefficient (Wildman–Crippen LogP) is 1.29. The molecule has 1 saturated heterocycles. The van der Waals surface area contributed by atoms with Crippen molar-refractivity contribution in [3.05, 3.63) is 21.6 Å². The summed E-state index contributed by atoms with van der Waals surface area (Å²) in [6.45, 7) is 3.76. The number of fused-ring (bicyclic) bond motifs is 1. The van der Waals surface area contributed by atoms with Crippen molar-refractivity contribution < 1.29 is 0 Å². The van der Waals surface area contributed by atoms with Crippen LogP contribution in [0.3, 0.4) is 0 Å². The average molecular weight is 321 g/mol. The van der Waals surface area contributed by atoms with Crippen molar-refractivity contribution in [2.24, 2.45) is 0 Å².